The molecule has 106 valence electrons. The van der Waals surface area contributed by atoms with Crippen LogP contribution in [-0.4, -0.2) is 18.6 Å². The molecule has 0 saturated heterocycles. The number of fused-ring (bicyclic) bond motifs is 2. The zero-order valence-electron chi connectivity index (χ0n) is 12.5. The van der Waals surface area contributed by atoms with Crippen molar-refractivity contribution in [1.82, 2.24) is 4.98 Å². The van der Waals surface area contributed by atoms with Gasteiger partial charge in [-0.3, -0.25) is 4.98 Å². The van der Waals surface area contributed by atoms with Crippen LogP contribution in [0.2, 0.25) is 0 Å². The average Bonchev–Trinajstić information content (AvgIpc) is 2.48. The van der Waals surface area contributed by atoms with Gasteiger partial charge < -0.3 is 10.1 Å². The van der Waals surface area contributed by atoms with Crippen molar-refractivity contribution in [2.45, 2.75) is 39.5 Å². The van der Waals surface area contributed by atoms with Gasteiger partial charge in [0.15, 0.2) is 0 Å². The summed E-state index contributed by atoms with van der Waals surface area (Å²) in [7, 11) is 1.72. The molecule has 1 N–H and O–H groups in total. The van der Waals surface area contributed by atoms with Crippen molar-refractivity contribution in [3.8, 4) is 5.75 Å². The third-order valence-electron chi connectivity index (χ3n) is 4.12. The lowest BCUT2D eigenvalue weighted by Crippen LogP contribution is -2.11. The van der Waals surface area contributed by atoms with Gasteiger partial charge in [-0.1, -0.05) is 0 Å². The third kappa shape index (κ3) is 2.11. The lowest BCUT2D eigenvalue weighted by atomic mass is 9.92. The number of aryl methyl sites for hydroxylation is 2. The van der Waals surface area contributed by atoms with Crippen molar-refractivity contribution >= 4 is 16.6 Å². The molecular formula is C17H22N2O. The van der Waals surface area contributed by atoms with E-state index < -0.39 is 0 Å². The zero-order valence-corrected chi connectivity index (χ0v) is 12.5. The molecule has 0 aliphatic heterocycles. The summed E-state index contributed by atoms with van der Waals surface area (Å²) in [6.07, 6.45) is 4.76. The first-order chi connectivity index (χ1) is 9.74. The standard InChI is InChI=1S/C17H22N2O/c1-4-18-17-13-7-5-6-8-15(13)19-16-11(2)9-12(20-3)10-14(16)17/h9-10H,4-8H2,1-3H3,(H,18,19). The van der Waals surface area contributed by atoms with Gasteiger partial charge in [0.25, 0.3) is 0 Å². The molecule has 0 bridgehead atoms. The average molecular weight is 270 g/mol. The number of nitrogens with one attached hydrogen (secondary N) is 1. The summed E-state index contributed by atoms with van der Waals surface area (Å²) >= 11 is 0. The molecule has 1 aliphatic rings. The molecule has 3 nitrogen and oxygen atoms in total. The Morgan fingerprint density at radius 1 is 1.25 bits per heavy atom. The fourth-order valence-electron chi connectivity index (χ4n) is 3.16. The summed E-state index contributed by atoms with van der Waals surface area (Å²) in [6, 6.07) is 4.18. The Morgan fingerprint density at radius 3 is 2.80 bits per heavy atom. The molecule has 0 spiro atoms. The summed E-state index contributed by atoms with van der Waals surface area (Å²) in [5, 5.41) is 4.76. The van der Waals surface area contributed by atoms with Gasteiger partial charge in [0.1, 0.15) is 5.75 Å². The van der Waals surface area contributed by atoms with Crippen molar-refractivity contribution in [3.63, 3.8) is 0 Å². The van der Waals surface area contributed by atoms with E-state index in [0.717, 1.165) is 30.7 Å². The minimum absolute atomic E-state index is 0.909. The molecule has 0 amide bonds. The second kappa shape index (κ2) is 5.31. The monoisotopic (exact) mass is 270 g/mol. The molecule has 0 atom stereocenters. The number of hydrogen-bond donors (Lipinski definition) is 1. The first kappa shape index (κ1) is 13.2. The van der Waals surface area contributed by atoms with E-state index >= 15 is 0 Å². The predicted molar refractivity (Wildman–Crippen MR) is 83.8 cm³/mol. The van der Waals surface area contributed by atoms with Crippen LogP contribution in [0.1, 0.15) is 36.6 Å². The van der Waals surface area contributed by atoms with Gasteiger partial charge in [0.2, 0.25) is 0 Å². The van der Waals surface area contributed by atoms with Gasteiger partial charge >= 0.3 is 0 Å². The second-order valence-electron chi connectivity index (χ2n) is 5.49. The van der Waals surface area contributed by atoms with Crippen LogP contribution < -0.4 is 10.1 Å². The summed E-state index contributed by atoms with van der Waals surface area (Å²) in [4.78, 5) is 4.94. The molecule has 1 aromatic carbocycles. The molecule has 1 heterocycles. The van der Waals surface area contributed by atoms with Crippen LogP contribution in [0.15, 0.2) is 12.1 Å². The number of benzene rings is 1. The molecule has 0 radical (unpaired) electrons. The molecule has 0 unspecified atom stereocenters. The molecule has 2 aromatic rings. The van der Waals surface area contributed by atoms with Gasteiger partial charge in [-0.25, -0.2) is 0 Å². The number of hydrogen-bond acceptors (Lipinski definition) is 3. The van der Waals surface area contributed by atoms with Crippen molar-refractivity contribution in [2.24, 2.45) is 0 Å². The van der Waals surface area contributed by atoms with Crippen molar-refractivity contribution in [1.29, 1.82) is 0 Å². The van der Waals surface area contributed by atoms with E-state index in [2.05, 4.69) is 31.3 Å². The highest BCUT2D eigenvalue weighted by Gasteiger charge is 2.19. The third-order valence-corrected chi connectivity index (χ3v) is 4.12. The Bertz CT molecular complexity index is 649. The van der Waals surface area contributed by atoms with Gasteiger partial charge in [0, 0.05) is 23.3 Å². The van der Waals surface area contributed by atoms with E-state index in [1.807, 2.05) is 0 Å². The molecular weight excluding hydrogens is 248 g/mol. The van der Waals surface area contributed by atoms with Crippen LogP contribution in [-0.2, 0) is 12.8 Å². The Labute approximate surface area is 120 Å². The van der Waals surface area contributed by atoms with Crippen molar-refractivity contribution < 1.29 is 4.74 Å². The molecule has 3 heteroatoms. The Balaban J connectivity index is 2.33. The lowest BCUT2D eigenvalue weighted by Gasteiger charge is -2.22. The van der Waals surface area contributed by atoms with E-state index in [9.17, 15) is 0 Å². The minimum atomic E-state index is 0.909. The van der Waals surface area contributed by atoms with E-state index in [1.54, 1.807) is 7.11 Å². The fourth-order valence-corrected chi connectivity index (χ4v) is 3.16. The van der Waals surface area contributed by atoms with Crippen molar-refractivity contribution in [2.75, 3.05) is 19.0 Å². The number of rotatable bonds is 3. The van der Waals surface area contributed by atoms with Gasteiger partial charge in [-0.2, -0.15) is 0 Å². The van der Waals surface area contributed by atoms with Gasteiger partial charge in [0.05, 0.1) is 12.6 Å². The highest BCUT2D eigenvalue weighted by atomic mass is 16.5. The summed E-state index contributed by atoms with van der Waals surface area (Å²) in [5.74, 6) is 0.909. The highest BCUT2D eigenvalue weighted by molar-refractivity contribution is 5.96. The van der Waals surface area contributed by atoms with E-state index in [0.29, 0.717) is 0 Å². The SMILES string of the molecule is CCNc1c2c(nc3c(C)cc(OC)cc13)CCCC2. The van der Waals surface area contributed by atoms with Crippen LogP contribution >= 0.6 is 0 Å². The Morgan fingerprint density at radius 2 is 2.05 bits per heavy atom. The number of methoxy groups -OCH3 is 1. The summed E-state index contributed by atoms with van der Waals surface area (Å²) in [5.41, 5.74) is 6.27. The van der Waals surface area contributed by atoms with E-state index in [1.165, 1.54) is 40.7 Å². The van der Waals surface area contributed by atoms with Crippen LogP contribution in [0, 0.1) is 6.92 Å². The zero-order chi connectivity index (χ0) is 14.1. The first-order valence-electron chi connectivity index (χ1n) is 7.48. The number of ether oxygens (including phenoxy) is 1. The number of nitrogens with zero attached hydrogens (tertiary/aromatic N) is 1. The van der Waals surface area contributed by atoms with Crippen LogP contribution in [0.4, 0.5) is 5.69 Å². The minimum Gasteiger partial charge on any atom is -0.497 e. The molecule has 20 heavy (non-hydrogen) atoms. The Hall–Kier alpha value is -1.77. The first-order valence-corrected chi connectivity index (χ1v) is 7.48. The van der Waals surface area contributed by atoms with Crippen LogP contribution in [0.3, 0.4) is 0 Å². The maximum absolute atomic E-state index is 5.42. The predicted octanol–water partition coefficient (Wildman–Crippen LogP) is 3.86. The van der Waals surface area contributed by atoms with Crippen molar-refractivity contribution in [3.05, 3.63) is 29.0 Å². The van der Waals surface area contributed by atoms with Gasteiger partial charge in [-0.05, 0) is 62.8 Å². The van der Waals surface area contributed by atoms with E-state index in [-0.39, 0.29) is 0 Å². The van der Waals surface area contributed by atoms with E-state index in [4.69, 9.17) is 9.72 Å². The smallest absolute Gasteiger partial charge is 0.119 e. The lowest BCUT2D eigenvalue weighted by molar-refractivity contribution is 0.415. The van der Waals surface area contributed by atoms with Crippen LogP contribution in [0.25, 0.3) is 10.9 Å². The maximum atomic E-state index is 5.42. The molecule has 0 saturated carbocycles. The Kier molecular flexibility index (Phi) is 3.51. The largest absolute Gasteiger partial charge is 0.497 e. The van der Waals surface area contributed by atoms with Crippen LogP contribution in [0.5, 0.6) is 5.75 Å². The quantitative estimate of drug-likeness (QED) is 0.919. The maximum Gasteiger partial charge on any atom is 0.119 e. The number of aromatic nitrogens is 1. The molecule has 1 aromatic heterocycles. The molecule has 1 aliphatic carbocycles. The normalized spacial score (nSPS) is 14.2. The summed E-state index contributed by atoms with van der Waals surface area (Å²) < 4.78 is 5.42. The molecule has 3 rings (SSSR count). The highest BCUT2D eigenvalue weighted by Crippen LogP contribution is 2.36. The number of anilines is 1. The summed E-state index contributed by atoms with van der Waals surface area (Å²) in [6.45, 7) is 5.19. The second-order valence-corrected chi connectivity index (χ2v) is 5.49. The topological polar surface area (TPSA) is 34.2 Å². The van der Waals surface area contributed by atoms with Gasteiger partial charge in [-0.15, -0.1) is 0 Å². The number of pyridine rings is 1. The fraction of sp³-hybridized carbons (Fsp3) is 0.471. The molecule has 0 fully saturated rings.